The van der Waals surface area contributed by atoms with Crippen LogP contribution in [0.1, 0.15) is 38.1 Å². The molecule has 0 bridgehead atoms. The first-order chi connectivity index (χ1) is 11.3. The lowest BCUT2D eigenvalue weighted by atomic mass is 9.99. The molecule has 0 aliphatic heterocycles. The Morgan fingerprint density at radius 1 is 1.46 bits per heavy atom. The molecule has 8 heteroatoms. The topological polar surface area (TPSA) is 72.3 Å². The van der Waals surface area contributed by atoms with Gasteiger partial charge in [-0.15, -0.1) is 0 Å². The van der Waals surface area contributed by atoms with Gasteiger partial charge in [0, 0.05) is 20.3 Å². The summed E-state index contributed by atoms with van der Waals surface area (Å²) in [6.07, 6.45) is 11.2. The fourth-order valence-electron chi connectivity index (χ4n) is 3.01. The van der Waals surface area contributed by atoms with Gasteiger partial charge in [0.25, 0.3) is 0 Å². The zero-order valence-corrected chi connectivity index (χ0v) is 15.6. The van der Waals surface area contributed by atoms with Gasteiger partial charge in [-0.3, -0.25) is 4.79 Å². The Morgan fingerprint density at radius 3 is 2.71 bits per heavy atom. The summed E-state index contributed by atoms with van der Waals surface area (Å²) < 4.78 is 26.1. The van der Waals surface area contributed by atoms with Gasteiger partial charge < -0.3 is 9.47 Å². The number of aromatic nitrogens is 2. The average molecular weight is 374 g/mol. The van der Waals surface area contributed by atoms with E-state index in [9.17, 15) is 13.2 Å². The largest absolute Gasteiger partial charge is 0.384 e. The van der Waals surface area contributed by atoms with Gasteiger partial charge in [-0.2, -0.15) is 0 Å². The third kappa shape index (κ3) is 5.08. The second-order valence-corrected chi connectivity index (χ2v) is 8.85. The highest BCUT2D eigenvalue weighted by Crippen LogP contribution is 2.33. The normalized spacial score (nSPS) is 17.5. The molecular formula is C16H24ClN3O3S. The molecule has 0 N–H and O–H groups in total. The molecule has 0 saturated heterocycles. The van der Waals surface area contributed by atoms with Crippen LogP contribution in [0.25, 0.3) is 0 Å². The highest BCUT2D eigenvalue weighted by Gasteiger charge is 2.27. The second kappa shape index (κ2) is 8.16. The summed E-state index contributed by atoms with van der Waals surface area (Å²) in [4.78, 5) is 17.5. The lowest BCUT2D eigenvalue weighted by Gasteiger charge is -2.18. The van der Waals surface area contributed by atoms with E-state index in [1.807, 2.05) is 14.1 Å². The summed E-state index contributed by atoms with van der Waals surface area (Å²) in [5, 5.41) is -0.504. The molecule has 2 rings (SSSR count). The number of sulfone groups is 1. The predicted molar refractivity (Wildman–Crippen MR) is 93.6 cm³/mol. The molecule has 1 aromatic rings. The minimum atomic E-state index is -3.52. The Bertz CT molecular complexity index is 691. The Balaban J connectivity index is 2.13. The van der Waals surface area contributed by atoms with Crippen molar-refractivity contribution in [2.45, 2.75) is 43.2 Å². The van der Waals surface area contributed by atoms with Gasteiger partial charge in [0.1, 0.15) is 6.04 Å². The van der Waals surface area contributed by atoms with Crippen LogP contribution in [0.4, 0.5) is 0 Å². The molecule has 1 unspecified atom stereocenters. The molecule has 134 valence electrons. The summed E-state index contributed by atoms with van der Waals surface area (Å²) in [7, 11) is 0.113. The zero-order chi connectivity index (χ0) is 17.7. The molecule has 0 amide bonds. The van der Waals surface area contributed by atoms with Crippen molar-refractivity contribution >= 4 is 26.7 Å². The van der Waals surface area contributed by atoms with Gasteiger partial charge in [0.15, 0.2) is 5.03 Å². The van der Waals surface area contributed by atoms with Crippen LogP contribution in [-0.4, -0.2) is 48.0 Å². The fraction of sp³-hybridized carbons (Fsp3) is 0.625. The smallest absolute Gasteiger partial charge is 0.244 e. The number of hydrogen-bond acceptors (Lipinski definition) is 5. The van der Waals surface area contributed by atoms with Gasteiger partial charge >= 0.3 is 0 Å². The molecule has 0 spiro atoms. The number of rotatable bonds is 8. The van der Waals surface area contributed by atoms with Crippen LogP contribution in [0.5, 0.6) is 0 Å². The Morgan fingerprint density at radius 2 is 2.12 bits per heavy atom. The maximum atomic E-state index is 12.3. The van der Waals surface area contributed by atoms with E-state index >= 15 is 0 Å². The van der Waals surface area contributed by atoms with E-state index in [4.69, 9.17) is 11.6 Å². The van der Waals surface area contributed by atoms with E-state index in [0.29, 0.717) is 12.3 Å². The Kier molecular flexibility index (Phi) is 6.46. The van der Waals surface area contributed by atoms with Crippen LogP contribution in [-0.2, 0) is 14.6 Å². The van der Waals surface area contributed by atoms with Crippen molar-refractivity contribution in [3.05, 3.63) is 24.8 Å². The molecule has 24 heavy (non-hydrogen) atoms. The van der Waals surface area contributed by atoms with Crippen molar-refractivity contribution in [3.8, 4) is 0 Å². The van der Waals surface area contributed by atoms with Crippen molar-refractivity contribution < 1.29 is 13.2 Å². The Labute approximate surface area is 148 Å². The molecule has 6 nitrogen and oxygen atoms in total. The summed E-state index contributed by atoms with van der Waals surface area (Å²) in [5.74, 6) is 0.327. The number of hydrogen-bond donors (Lipinski definition) is 0. The first kappa shape index (κ1) is 19.0. The van der Waals surface area contributed by atoms with E-state index < -0.39 is 21.1 Å². The molecule has 0 radical (unpaired) electrons. The maximum Gasteiger partial charge on any atom is 0.244 e. The lowest BCUT2D eigenvalue weighted by Crippen LogP contribution is -2.17. The molecule has 1 aliphatic rings. The van der Waals surface area contributed by atoms with Crippen molar-refractivity contribution in [1.82, 2.24) is 14.5 Å². The summed E-state index contributed by atoms with van der Waals surface area (Å²) in [5.41, 5.74) is 0. The van der Waals surface area contributed by atoms with E-state index in [1.54, 1.807) is 17.2 Å². The molecule has 1 heterocycles. The van der Waals surface area contributed by atoms with E-state index in [-0.39, 0.29) is 10.8 Å². The summed E-state index contributed by atoms with van der Waals surface area (Å²) >= 11 is 5.75. The highest BCUT2D eigenvalue weighted by atomic mass is 35.5. The van der Waals surface area contributed by atoms with E-state index in [0.717, 1.165) is 12.8 Å². The lowest BCUT2D eigenvalue weighted by molar-refractivity contribution is -0.115. The second-order valence-electron chi connectivity index (χ2n) is 6.50. The van der Waals surface area contributed by atoms with Gasteiger partial charge in [-0.05, 0) is 30.1 Å². The number of carbonyl (C=O) groups is 1. The molecular weight excluding hydrogens is 350 g/mol. The van der Waals surface area contributed by atoms with Crippen molar-refractivity contribution in [2.24, 2.45) is 5.92 Å². The quantitative estimate of drug-likeness (QED) is 0.655. The molecule has 1 fully saturated rings. The zero-order valence-electron chi connectivity index (χ0n) is 14.1. The monoisotopic (exact) mass is 373 g/mol. The summed E-state index contributed by atoms with van der Waals surface area (Å²) in [6.45, 7) is 0. The van der Waals surface area contributed by atoms with Crippen LogP contribution in [0.3, 0.4) is 0 Å². The Hall–Kier alpha value is -1.34. The average Bonchev–Trinajstić information content (AvgIpc) is 3.15. The molecule has 0 aromatic carbocycles. The number of imidazole rings is 1. The third-order valence-corrected chi connectivity index (χ3v) is 6.00. The fourth-order valence-corrected chi connectivity index (χ4v) is 4.21. The molecule has 1 atom stereocenters. The van der Waals surface area contributed by atoms with Gasteiger partial charge in [0.05, 0.1) is 12.1 Å². The van der Waals surface area contributed by atoms with Crippen LogP contribution < -0.4 is 0 Å². The molecule has 1 aromatic heterocycles. The minimum Gasteiger partial charge on any atom is -0.384 e. The van der Waals surface area contributed by atoms with Crippen LogP contribution in [0.15, 0.2) is 29.8 Å². The predicted octanol–water partition coefficient (Wildman–Crippen LogP) is 2.62. The number of nitrogens with zero attached hydrogens (tertiary/aromatic N) is 3. The first-order valence-corrected chi connectivity index (χ1v) is 10.1. The van der Waals surface area contributed by atoms with E-state index in [1.165, 1.54) is 29.9 Å². The number of carbonyl (C=O) groups excluding carboxylic acids is 1. The van der Waals surface area contributed by atoms with Crippen molar-refractivity contribution in [3.63, 3.8) is 0 Å². The summed E-state index contributed by atoms with van der Waals surface area (Å²) in [6, 6.07) is -0.552. The van der Waals surface area contributed by atoms with Gasteiger partial charge in [-0.1, -0.05) is 31.8 Å². The number of halogens is 1. The van der Waals surface area contributed by atoms with Gasteiger partial charge in [-0.25, -0.2) is 13.4 Å². The highest BCUT2D eigenvalue weighted by molar-refractivity contribution is 7.91. The van der Waals surface area contributed by atoms with Crippen molar-refractivity contribution in [1.29, 1.82) is 0 Å². The standard InChI is InChI=1S/C16H24ClN3O3S/c1-19(2)8-5-9-24(22,23)15-11-20(12-18-15)14(16(17)21)10-13-6-3-4-7-13/h5,8,11-14H,3-4,6-7,9-10H2,1-2H3. The molecule has 1 aliphatic carbocycles. The van der Waals surface area contributed by atoms with Crippen LogP contribution in [0, 0.1) is 5.92 Å². The van der Waals surface area contributed by atoms with E-state index in [2.05, 4.69) is 4.98 Å². The minimum absolute atomic E-state index is 0.0276. The van der Waals surface area contributed by atoms with Crippen LogP contribution >= 0.6 is 11.6 Å². The van der Waals surface area contributed by atoms with Gasteiger partial charge in [0.2, 0.25) is 15.1 Å². The van der Waals surface area contributed by atoms with Crippen molar-refractivity contribution in [2.75, 3.05) is 19.8 Å². The third-order valence-electron chi connectivity index (χ3n) is 4.27. The maximum absolute atomic E-state index is 12.3. The SMILES string of the molecule is CN(C)C=CCS(=O)(=O)c1cn(C(CC2CCCC2)C(=O)Cl)cn1. The van der Waals surface area contributed by atoms with Crippen LogP contribution in [0.2, 0.25) is 0 Å². The molecule has 1 saturated carbocycles. The first-order valence-electron chi connectivity index (χ1n) is 8.08.